The summed E-state index contributed by atoms with van der Waals surface area (Å²) in [6, 6.07) is 2.41. The van der Waals surface area contributed by atoms with Gasteiger partial charge in [-0.15, -0.1) is 10.2 Å². The normalized spacial score (nSPS) is 10.5. The second-order valence-electron chi connectivity index (χ2n) is 3.23. The molecule has 6 nitrogen and oxygen atoms in total. The summed E-state index contributed by atoms with van der Waals surface area (Å²) < 4.78 is 5.56. The van der Waals surface area contributed by atoms with Gasteiger partial charge in [-0.05, 0) is 11.6 Å². The molecular weight excluding hydrogens is 337 g/mol. The molecule has 0 fully saturated rings. The quantitative estimate of drug-likeness (QED) is 0.621. The maximum atomic E-state index is 10.9. The molecule has 0 aliphatic carbocycles. The molecule has 0 bridgehead atoms. The number of nitro benzene ring substituents is 1. The average molecular weight is 341 g/mol. The van der Waals surface area contributed by atoms with Crippen LogP contribution >= 0.6 is 46.1 Å². The lowest BCUT2D eigenvalue weighted by atomic mass is 10.3. The molecule has 0 spiro atoms. The molecule has 0 radical (unpaired) electrons. The molecule has 0 atom stereocenters. The monoisotopic (exact) mass is 339 g/mol. The molecule has 0 N–H and O–H groups in total. The van der Waals surface area contributed by atoms with Crippen molar-refractivity contribution in [3.63, 3.8) is 0 Å². The molecule has 1 aromatic carbocycles. The fourth-order valence-corrected chi connectivity index (χ4v) is 2.30. The molecule has 10 heteroatoms. The average Bonchev–Trinajstić information content (AvgIpc) is 2.76. The largest absolute Gasteiger partial charge is 0.479 e. The van der Waals surface area contributed by atoms with Gasteiger partial charge < -0.3 is 4.74 Å². The second kappa shape index (κ2) is 5.87. The Morgan fingerprint density at radius 3 is 2.53 bits per heavy atom. The van der Waals surface area contributed by atoms with Gasteiger partial charge in [-0.2, -0.15) is 0 Å². The van der Waals surface area contributed by atoms with E-state index in [0.717, 1.165) is 17.4 Å². The van der Waals surface area contributed by atoms with Crippen molar-refractivity contribution in [2.75, 3.05) is 0 Å². The van der Waals surface area contributed by atoms with Gasteiger partial charge in [0.1, 0.15) is 6.61 Å². The maximum Gasteiger partial charge on any atom is 0.312 e. The standard InChI is InChI=1S/C9H4Cl3N3O3S/c10-4-1-6(15(16)17)7(2-5(4)11)18-3-8-13-14-9(12)19-8/h1-2H,3H2. The van der Waals surface area contributed by atoms with Gasteiger partial charge in [0.2, 0.25) is 4.47 Å². The summed E-state index contributed by atoms with van der Waals surface area (Å²) in [5.74, 6) is 0.00530. The number of hydrogen-bond acceptors (Lipinski definition) is 6. The molecular formula is C9H4Cl3N3O3S. The number of hydrogen-bond donors (Lipinski definition) is 0. The Morgan fingerprint density at radius 2 is 1.95 bits per heavy atom. The fourth-order valence-electron chi connectivity index (χ4n) is 1.21. The Balaban J connectivity index is 2.23. The SMILES string of the molecule is O=[N+]([O-])c1cc(Cl)c(Cl)cc1OCc1nnc(Cl)s1. The fraction of sp³-hybridized carbons (Fsp3) is 0.111. The van der Waals surface area contributed by atoms with E-state index in [1.807, 2.05) is 0 Å². The lowest BCUT2D eigenvalue weighted by Gasteiger charge is -2.06. The first-order chi connectivity index (χ1) is 8.97. The van der Waals surface area contributed by atoms with Crippen molar-refractivity contribution < 1.29 is 9.66 Å². The minimum Gasteiger partial charge on any atom is -0.479 e. The van der Waals surface area contributed by atoms with Crippen molar-refractivity contribution >= 4 is 51.8 Å². The van der Waals surface area contributed by atoms with Crippen LogP contribution in [-0.2, 0) is 6.61 Å². The van der Waals surface area contributed by atoms with Crippen LogP contribution < -0.4 is 4.74 Å². The summed E-state index contributed by atoms with van der Waals surface area (Å²) in [7, 11) is 0. The lowest BCUT2D eigenvalue weighted by Crippen LogP contribution is -1.99. The summed E-state index contributed by atoms with van der Waals surface area (Å²) in [5, 5.41) is 18.9. The Hall–Kier alpha value is -1.15. The predicted octanol–water partition coefficient (Wildman–Crippen LogP) is 3.99. The Bertz CT molecular complexity index is 634. The minimum atomic E-state index is -0.607. The van der Waals surface area contributed by atoms with Crippen molar-refractivity contribution in [2.24, 2.45) is 0 Å². The highest BCUT2D eigenvalue weighted by Gasteiger charge is 2.19. The first-order valence-electron chi connectivity index (χ1n) is 4.71. The molecule has 19 heavy (non-hydrogen) atoms. The zero-order valence-corrected chi connectivity index (χ0v) is 12.1. The Kier molecular flexibility index (Phi) is 4.41. The molecule has 0 saturated heterocycles. The molecule has 1 aromatic heterocycles. The van der Waals surface area contributed by atoms with Crippen LogP contribution in [0.1, 0.15) is 5.01 Å². The topological polar surface area (TPSA) is 78.2 Å². The highest BCUT2D eigenvalue weighted by Crippen LogP contribution is 2.36. The van der Waals surface area contributed by atoms with E-state index in [9.17, 15) is 10.1 Å². The van der Waals surface area contributed by atoms with Gasteiger partial charge in [0, 0.05) is 12.1 Å². The molecule has 2 rings (SSSR count). The second-order valence-corrected chi connectivity index (χ2v) is 5.69. The van der Waals surface area contributed by atoms with Crippen molar-refractivity contribution in [1.82, 2.24) is 10.2 Å². The third-order valence-electron chi connectivity index (χ3n) is 1.99. The predicted molar refractivity (Wildman–Crippen MR) is 72.4 cm³/mol. The molecule has 0 unspecified atom stereocenters. The highest BCUT2D eigenvalue weighted by atomic mass is 35.5. The number of aromatic nitrogens is 2. The van der Waals surface area contributed by atoms with E-state index in [0.29, 0.717) is 5.01 Å². The Labute approximate surface area is 126 Å². The molecule has 0 saturated carbocycles. The summed E-state index contributed by atoms with van der Waals surface area (Å²) in [6.45, 7) is 0.00316. The van der Waals surface area contributed by atoms with Crippen LogP contribution in [-0.4, -0.2) is 15.1 Å². The molecule has 1 heterocycles. The number of ether oxygens (including phenoxy) is 1. The maximum absolute atomic E-state index is 10.9. The van der Waals surface area contributed by atoms with E-state index in [1.54, 1.807) is 0 Å². The van der Waals surface area contributed by atoms with Crippen LogP contribution in [0.15, 0.2) is 12.1 Å². The number of nitrogens with zero attached hydrogens (tertiary/aromatic N) is 3. The minimum absolute atomic E-state index is 0.00316. The summed E-state index contributed by atoms with van der Waals surface area (Å²) in [5.41, 5.74) is -0.273. The van der Waals surface area contributed by atoms with Crippen LogP contribution in [0.2, 0.25) is 14.5 Å². The third kappa shape index (κ3) is 3.44. The smallest absolute Gasteiger partial charge is 0.312 e. The molecule has 2 aromatic rings. The van der Waals surface area contributed by atoms with Crippen LogP contribution in [0.3, 0.4) is 0 Å². The van der Waals surface area contributed by atoms with Crippen molar-refractivity contribution in [2.45, 2.75) is 6.61 Å². The van der Waals surface area contributed by atoms with Gasteiger partial charge in [-0.25, -0.2) is 0 Å². The highest BCUT2D eigenvalue weighted by molar-refractivity contribution is 7.15. The van der Waals surface area contributed by atoms with Gasteiger partial charge >= 0.3 is 5.69 Å². The van der Waals surface area contributed by atoms with Crippen LogP contribution in [0.5, 0.6) is 5.75 Å². The zero-order valence-electron chi connectivity index (χ0n) is 8.97. The van der Waals surface area contributed by atoms with E-state index in [4.69, 9.17) is 39.5 Å². The molecule has 0 aliphatic rings. The third-order valence-corrected chi connectivity index (χ3v) is 3.71. The number of nitro groups is 1. The van der Waals surface area contributed by atoms with E-state index >= 15 is 0 Å². The Morgan fingerprint density at radius 1 is 1.26 bits per heavy atom. The van der Waals surface area contributed by atoms with Crippen LogP contribution in [0, 0.1) is 10.1 Å². The van der Waals surface area contributed by atoms with Crippen molar-refractivity contribution in [3.8, 4) is 5.75 Å². The lowest BCUT2D eigenvalue weighted by molar-refractivity contribution is -0.385. The number of halogens is 3. The van der Waals surface area contributed by atoms with Crippen LogP contribution in [0.25, 0.3) is 0 Å². The first-order valence-corrected chi connectivity index (χ1v) is 6.66. The van der Waals surface area contributed by atoms with Crippen molar-refractivity contribution in [1.29, 1.82) is 0 Å². The molecule has 100 valence electrons. The van der Waals surface area contributed by atoms with Gasteiger partial charge in [0.05, 0.1) is 15.0 Å². The van der Waals surface area contributed by atoms with Crippen LogP contribution in [0.4, 0.5) is 5.69 Å². The van der Waals surface area contributed by atoms with Gasteiger partial charge in [-0.3, -0.25) is 10.1 Å². The van der Waals surface area contributed by atoms with Gasteiger partial charge in [0.15, 0.2) is 10.8 Å². The van der Waals surface area contributed by atoms with E-state index < -0.39 is 4.92 Å². The first kappa shape index (κ1) is 14.3. The molecule has 0 aliphatic heterocycles. The van der Waals surface area contributed by atoms with E-state index in [1.165, 1.54) is 6.07 Å². The zero-order chi connectivity index (χ0) is 14.0. The van der Waals surface area contributed by atoms with E-state index in [2.05, 4.69) is 10.2 Å². The summed E-state index contributed by atoms with van der Waals surface area (Å²) in [4.78, 5) is 10.3. The summed E-state index contributed by atoms with van der Waals surface area (Å²) in [6.07, 6.45) is 0. The summed E-state index contributed by atoms with van der Waals surface area (Å²) >= 11 is 18.2. The number of rotatable bonds is 4. The van der Waals surface area contributed by atoms with E-state index in [-0.39, 0.29) is 32.6 Å². The number of benzene rings is 1. The van der Waals surface area contributed by atoms with Gasteiger partial charge in [-0.1, -0.05) is 34.5 Å². The molecule has 0 amide bonds. The van der Waals surface area contributed by atoms with Crippen molar-refractivity contribution in [3.05, 3.63) is 41.8 Å². The van der Waals surface area contributed by atoms with Gasteiger partial charge in [0.25, 0.3) is 0 Å².